The molecule has 0 fully saturated rings. The Morgan fingerprint density at radius 3 is 2.00 bits per heavy atom. The van der Waals surface area contributed by atoms with Crippen molar-refractivity contribution in [1.82, 2.24) is 4.72 Å². The molecule has 0 aromatic heterocycles. The highest BCUT2D eigenvalue weighted by molar-refractivity contribution is 7.88. The first-order valence-corrected chi connectivity index (χ1v) is 8.15. The van der Waals surface area contributed by atoms with Crippen LogP contribution in [0.5, 0.6) is 0 Å². The summed E-state index contributed by atoms with van der Waals surface area (Å²) in [5.41, 5.74) is 1.53. The molecule has 0 spiro atoms. The lowest BCUT2D eigenvalue weighted by atomic mass is 10.0. The number of alkyl halides is 2. The Labute approximate surface area is 122 Å². The highest BCUT2D eigenvalue weighted by Gasteiger charge is 2.32. The molecule has 0 aliphatic rings. The molecule has 0 aliphatic carbocycles. The highest BCUT2D eigenvalue weighted by Crippen LogP contribution is 2.29. The molecule has 0 atom stereocenters. The topological polar surface area (TPSA) is 46.2 Å². The standard InChI is InChI=1S/C15H15F2NO2S/c1-21(19,20)18-11-15(16,17)14-9-7-13(8-10-14)12-5-3-2-4-6-12/h2-10,18H,11H2,1H3. The number of halogens is 2. The van der Waals surface area contributed by atoms with Crippen LogP contribution in [0, 0.1) is 0 Å². The molecular weight excluding hydrogens is 296 g/mol. The maximum Gasteiger partial charge on any atom is 0.286 e. The predicted octanol–water partition coefficient (Wildman–Crippen LogP) is 2.99. The van der Waals surface area contributed by atoms with Gasteiger partial charge in [-0.05, 0) is 11.1 Å². The van der Waals surface area contributed by atoms with Crippen LogP contribution in [0.4, 0.5) is 8.78 Å². The molecule has 0 unspecified atom stereocenters. The van der Waals surface area contributed by atoms with E-state index in [1.165, 1.54) is 12.1 Å². The van der Waals surface area contributed by atoms with Crippen molar-refractivity contribution >= 4 is 10.0 Å². The van der Waals surface area contributed by atoms with Crippen molar-refractivity contribution in [2.75, 3.05) is 12.8 Å². The molecule has 2 aromatic rings. The SMILES string of the molecule is CS(=O)(=O)NCC(F)(F)c1ccc(-c2ccccc2)cc1. The van der Waals surface area contributed by atoms with Crippen LogP contribution in [0.25, 0.3) is 11.1 Å². The van der Waals surface area contributed by atoms with Crippen molar-refractivity contribution < 1.29 is 17.2 Å². The molecule has 0 saturated carbocycles. The van der Waals surface area contributed by atoms with Crippen LogP contribution in [0.3, 0.4) is 0 Å². The third-order valence-corrected chi connectivity index (χ3v) is 3.64. The van der Waals surface area contributed by atoms with E-state index in [-0.39, 0.29) is 5.56 Å². The maximum absolute atomic E-state index is 13.9. The van der Waals surface area contributed by atoms with E-state index in [1.807, 2.05) is 35.1 Å². The van der Waals surface area contributed by atoms with E-state index >= 15 is 0 Å². The molecule has 6 heteroatoms. The fourth-order valence-electron chi connectivity index (χ4n) is 1.86. The molecule has 112 valence electrons. The second kappa shape index (κ2) is 5.91. The zero-order chi connectivity index (χ0) is 15.5. The van der Waals surface area contributed by atoms with Gasteiger partial charge in [0, 0.05) is 5.56 Å². The summed E-state index contributed by atoms with van der Waals surface area (Å²) in [6.07, 6.45) is 0.849. The first-order valence-electron chi connectivity index (χ1n) is 6.26. The maximum atomic E-state index is 13.9. The molecule has 0 bridgehead atoms. The summed E-state index contributed by atoms with van der Waals surface area (Å²) in [7, 11) is -3.65. The Hall–Kier alpha value is -1.79. The summed E-state index contributed by atoms with van der Waals surface area (Å²) in [6, 6.07) is 15.2. The highest BCUT2D eigenvalue weighted by atomic mass is 32.2. The monoisotopic (exact) mass is 311 g/mol. The molecule has 2 aromatic carbocycles. The lowest BCUT2D eigenvalue weighted by Crippen LogP contribution is -2.34. The Morgan fingerprint density at radius 2 is 1.48 bits per heavy atom. The number of sulfonamides is 1. The summed E-state index contributed by atoms with van der Waals surface area (Å²) in [6.45, 7) is -0.948. The quantitative estimate of drug-likeness (QED) is 0.922. The van der Waals surface area contributed by atoms with Crippen molar-refractivity contribution in [3.63, 3.8) is 0 Å². The zero-order valence-corrected chi connectivity index (χ0v) is 12.2. The number of benzene rings is 2. The Morgan fingerprint density at radius 1 is 0.952 bits per heavy atom. The van der Waals surface area contributed by atoms with E-state index in [4.69, 9.17) is 0 Å². The first-order chi connectivity index (χ1) is 9.78. The average molecular weight is 311 g/mol. The van der Waals surface area contributed by atoms with Crippen LogP contribution in [0.1, 0.15) is 5.56 Å². The first kappa shape index (κ1) is 15.6. The van der Waals surface area contributed by atoms with Crippen LogP contribution in [-0.4, -0.2) is 21.2 Å². The lowest BCUT2D eigenvalue weighted by Gasteiger charge is -2.17. The van der Waals surface area contributed by atoms with Crippen molar-refractivity contribution in [3.8, 4) is 11.1 Å². The minimum absolute atomic E-state index is 0.224. The van der Waals surface area contributed by atoms with Gasteiger partial charge in [0.1, 0.15) is 0 Å². The van der Waals surface area contributed by atoms with Gasteiger partial charge >= 0.3 is 0 Å². The van der Waals surface area contributed by atoms with Crippen LogP contribution in [0.15, 0.2) is 54.6 Å². The fourth-order valence-corrected chi connectivity index (χ4v) is 2.30. The summed E-state index contributed by atoms with van der Waals surface area (Å²) < 4.78 is 51.4. The van der Waals surface area contributed by atoms with Crippen molar-refractivity contribution in [2.45, 2.75) is 5.92 Å². The third kappa shape index (κ3) is 4.34. The zero-order valence-electron chi connectivity index (χ0n) is 11.4. The van der Waals surface area contributed by atoms with Gasteiger partial charge in [0.2, 0.25) is 10.0 Å². The largest absolute Gasteiger partial charge is 0.286 e. The summed E-state index contributed by atoms with van der Waals surface area (Å²) in [5.74, 6) is -3.25. The van der Waals surface area contributed by atoms with E-state index in [0.29, 0.717) is 0 Å². The molecular formula is C15H15F2NO2S. The van der Waals surface area contributed by atoms with Gasteiger partial charge in [0.25, 0.3) is 5.92 Å². The van der Waals surface area contributed by atoms with E-state index in [2.05, 4.69) is 0 Å². The molecule has 0 saturated heterocycles. The average Bonchev–Trinajstić information content (AvgIpc) is 2.46. The van der Waals surface area contributed by atoms with E-state index in [1.54, 1.807) is 12.1 Å². The van der Waals surface area contributed by atoms with Gasteiger partial charge in [-0.25, -0.2) is 13.1 Å². The van der Waals surface area contributed by atoms with Gasteiger partial charge in [0.05, 0.1) is 12.8 Å². The number of hydrogen-bond donors (Lipinski definition) is 1. The summed E-state index contributed by atoms with van der Waals surface area (Å²) >= 11 is 0. The molecule has 1 N–H and O–H groups in total. The van der Waals surface area contributed by atoms with Gasteiger partial charge in [-0.3, -0.25) is 0 Å². The van der Waals surface area contributed by atoms with E-state index in [0.717, 1.165) is 17.4 Å². The van der Waals surface area contributed by atoms with Gasteiger partial charge in [0.15, 0.2) is 0 Å². The van der Waals surface area contributed by atoms with Gasteiger partial charge in [-0.1, -0.05) is 54.6 Å². The Kier molecular flexibility index (Phi) is 4.39. The number of hydrogen-bond acceptors (Lipinski definition) is 2. The van der Waals surface area contributed by atoms with Crippen molar-refractivity contribution in [3.05, 3.63) is 60.2 Å². The fraction of sp³-hybridized carbons (Fsp3) is 0.200. The third-order valence-electron chi connectivity index (χ3n) is 2.97. The Balaban J connectivity index is 2.18. The van der Waals surface area contributed by atoms with Crippen molar-refractivity contribution in [1.29, 1.82) is 0 Å². The number of rotatable bonds is 5. The smallest absolute Gasteiger partial charge is 0.213 e. The van der Waals surface area contributed by atoms with E-state index in [9.17, 15) is 17.2 Å². The van der Waals surface area contributed by atoms with Crippen molar-refractivity contribution in [2.24, 2.45) is 0 Å². The molecule has 0 aliphatic heterocycles. The Bertz CT molecular complexity index is 698. The normalized spacial score (nSPS) is 12.3. The van der Waals surface area contributed by atoms with Crippen LogP contribution in [-0.2, 0) is 15.9 Å². The molecule has 21 heavy (non-hydrogen) atoms. The minimum Gasteiger partial charge on any atom is -0.213 e. The number of nitrogens with one attached hydrogen (secondary N) is 1. The molecule has 0 heterocycles. The predicted molar refractivity (Wildman–Crippen MR) is 78.6 cm³/mol. The van der Waals surface area contributed by atoms with Crippen LogP contribution in [0.2, 0.25) is 0 Å². The molecule has 3 nitrogen and oxygen atoms in total. The second-order valence-corrected chi connectivity index (χ2v) is 6.57. The summed E-state index contributed by atoms with van der Waals surface area (Å²) in [5, 5.41) is 0. The van der Waals surface area contributed by atoms with Crippen LogP contribution >= 0.6 is 0 Å². The molecule has 0 radical (unpaired) electrons. The van der Waals surface area contributed by atoms with Gasteiger partial charge < -0.3 is 0 Å². The minimum atomic E-state index is -3.65. The second-order valence-electron chi connectivity index (χ2n) is 4.74. The van der Waals surface area contributed by atoms with E-state index < -0.39 is 22.5 Å². The lowest BCUT2D eigenvalue weighted by molar-refractivity contribution is 0.00215. The summed E-state index contributed by atoms with van der Waals surface area (Å²) in [4.78, 5) is 0. The molecule has 0 amide bonds. The van der Waals surface area contributed by atoms with Gasteiger partial charge in [-0.2, -0.15) is 8.78 Å². The van der Waals surface area contributed by atoms with Gasteiger partial charge in [-0.15, -0.1) is 0 Å². The molecule has 2 rings (SSSR count). The van der Waals surface area contributed by atoms with Crippen LogP contribution < -0.4 is 4.72 Å².